The lowest BCUT2D eigenvalue weighted by molar-refractivity contribution is 0.495. The molecular weight excluding hydrogens is 236 g/mol. The quantitative estimate of drug-likeness (QED) is 0.686. The van der Waals surface area contributed by atoms with Gasteiger partial charge in [-0.3, -0.25) is 5.10 Å². The Morgan fingerprint density at radius 3 is 2.95 bits per heavy atom. The van der Waals surface area contributed by atoms with Gasteiger partial charge in [-0.15, -0.1) is 0 Å². The molecule has 0 spiro atoms. The van der Waals surface area contributed by atoms with Gasteiger partial charge in [-0.2, -0.15) is 5.10 Å². The molecule has 1 atom stereocenters. The summed E-state index contributed by atoms with van der Waals surface area (Å²) in [7, 11) is 0. The molecule has 3 rings (SSSR count). The van der Waals surface area contributed by atoms with Crippen LogP contribution in [0.15, 0.2) is 0 Å². The highest BCUT2D eigenvalue weighted by Crippen LogP contribution is 2.21. The van der Waals surface area contributed by atoms with E-state index >= 15 is 0 Å². The van der Waals surface area contributed by atoms with Crippen LogP contribution in [0.4, 0.5) is 0 Å². The molecule has 0 aliphatic heterocycles. The van der Waals surface area contributed by atoms with Crippen LogP contribution in [-0.2, 0) is 19.4 Å². The monoisotopic (exact) mass is 262 g/mol. The van der Waals surface area contributed by atoms with Crippen LogP contribution in [0, 0.1) is 0 Å². The summed E-state index contributed by atoms with van der Waals surface area (Å²) in [5.74, 6) is 0. The third kappa shape index (κ3) is 3.57. The molecular formula is C15H26N4. The van der Waals surface area contributed by atoms with Crippen molar-refractivity contribution in [3.8, 4) is 0 Å². The van der Waals surface area contributed by atoms with Gasteiger partial charge in [-0.1, -0.05) is 6.42 Å². The van der Waals surface area contributed by atoms with Crippen molar-refractivity contribution < 1.29 is 0 Å². The number of fused-ring (bicyclic) bond motifs is 1. The standard InChI is InChI=1S/C15H26N4/c1-11(9-17-12-7-8-12)16-10-15-13-5-3-2-4-6-14(13)18-19-15/h11-12,16-17H,2-10H2,1H3,(H,18,19). The molecule has 106 valence electrons. The lowest BCUT2D eigenvalue weighted by atomic mass is 10.1. The number of hydrogen-bond acceptors (Lipinski definition) is 3. The Bertz CT molecular complexity index is 408. The third-order valence-electron chi connectivity index (χ3n) is 4.30. The van der Waals surface area contributed by atoms with E-state index in [9.17, 15) is 0 Å². The van der Waals surface area contributed by atoms with Gasteiger partial charge in [0.05, 0.1) is 5.69 Å². The SMILES string of the molecule is CC(CNC1CC1)NCc1n[nH]c2c1CCCCC2. The molecule has 4 heteroatoms. The fraction of sp³-hybridized carbons (Fsp3) is 0.800. The van der Waals surface area contributed by atoms with Crippen LogP contribution in [0.3, 0.4) is 0 Å². The average molecular weight is 262 g/mol. The number of aromatic amines is 1. The lowest BCUT2D eigenvalue weighted by Crippen LogP contribution is -2.37. The summed E-state index contributed by atoms with van der Waals surface area (Å²) in [5, 5.41) is 14.9. The van der Waals surface area contributed by atoms with Crippen molar-refractivity contribution in [3.05, 3.63) is 17.0 Å². The fourth-order valence-corrected chi connectivity index (χ4v) is 2.85. The average Bonchev–Trinajstić information content (AvgIpc) is 3.20. The highest BCUT2D eigenvalue weighted by Gasteiger charge is 2.21. The first kappa shape index (κ1) is 13.1. The maximum atomic E-state index is 4.51. The third-order valence-corrected chi connectivity index (χ3v) is 4.30. The molecule has 2 aliphatic rings. The Hall–Kier alpha value is -0.870. The number of aryl methyl sites for hydroxylation is 1. The zero-order chi connectivity index (χ0) is 13.1. The molecule has 0 saturated heterocycles. The van der Waals surface area contributed by atoms with Crippen LogP contribution in [0.25, 0.3) is 0 Å². The maximum absolute atomic E-state index is 4.51. The number of H-pyrrole nitrogens is 1. The first-order valence-corrected chi connectivity index (χ1v) is 7.84. The van der Waals surface area contributed by atoms with Crippen molar-refractivity contribution >= 4 is 0 Å². The van der Waals surface area contributed by atoms with Gasteiger partial charge in [0.25, 0.3) is 0 Å². The first-order valence-electron chi connectivity index (χ1n) is 7.84. The molecule has 3 N–H and O–H groups in total. The summed E-state index contributed by atoms with van der Waals surface area (Å²) in [5.41, 5.74) is 4.13. The molecule has 0 bridgehead atoms. The summed E-state index contributed by atoms with van der Waals surface area (Å²) in [4.78, 5) is 0. The van der Waals surface area contributed by atoms with Gasteiger partial charge in [0.15, 0.2) is 0 Å². The minimum Gasteiger partial charge on any atom is -0.312 e. The molecule has 1 heterocycles. The second kappa shape index (κ2) is 6.06. The normalized spacial score (nSPS) is 20.9. The second-order valence-corrected chi connectivity index (χ2v) is 6.15. The fourth-order valence-electron chi connectivity index (χ4n) is 2.85. The van der Waals surface area contributed by atoms with Gasteiger partial charge < -0.3 is 10.6 Å². The van der Waals surface area contributed by atoms with Crippen molar-refractivity contribution in [2.24, 2.45) is 0 Å². The zero-order valence-electron chi connectivity index (χ0n) is 12.0. The summed E-state index contributed by atoms with van der Waals surface area (Å²) >= 11 is 0. The smallest absolute Gasteiger partial charge is 0.0794 e. The molecule has 0 radical (unpaired) electrons. The molecule has 0 aromatic carbocycles. The van der Waals surface area contributed by atoms with Crippen molar-refractivity contribution in [1.82, 2.24) is 20.8 Å². The van der Waals surface area contributed by atoms with Crippen LogP contribution < -0.4 is 10.6 Å². The van der Waals surface area contributed by atoms with E-state index in [1.54, 1.807) is 0 Å². The van der Waals surface area contributed by atoms with E-state index in [0.29, 0.717) is 6.04 Å². The highest BCUT2D eigenvalue weighted by atomic mass is 15.1. The Morgan fingerprint density at radius 2 is 2.11 bits per heavy atom. The van der Waals surface area contributed by atoms with Gasteiger partial charge in [0, 0.05) is 30.9 Å². The van der Waals surface area contributed by atoms with Crippen molar-refractivity contribution in [2.75, 3.05) is 6.54 Å². The number of nitrogens with one attached hydrogen (secondary N) is 3. The van der Waals surface area contributed by atoms with Crippen LogP contribution >= 0.6 is 0 Å². The zero-order valence-corrected chi connectivity index (χ0v) is 12.0. The van der Waals surface area contributed by atoms with Crippen molar-refractivity contribution in [1.29, 1.82) is 0 Å². The first-order chi connectivity index (χ1) is 9.33. The largest absolute Gasteiger partial charge is 0.312 e. The molecule has 1 aromatic heterocycles. The predicted molar refractivity (Wildman–Crippen MR) is 77.2 cm³/mol. The highest BCUT2D eigenvalue weighted by molar-refractivity contribution is 5.26. The molecule has 1 saturated carbocycles. The minimum absolute atomic E-state index is 0.513. The van der Waals surface area contributed by atoms with Crippen molar-refractivity contribution in [2.45, 2.75) is 70.5 Å². The Labute approximate surface area is 115 Å². The van der Waals surface area contributed by atoms with E-state index in [2.05, 4.69) is 27.8 Å². The second-order valence-electron chi connectivity index (χ2n) is 6.15. The van der Waals surface area contributed by atoms with Gasteiger partial charge in [-0.05, 0) is 51.0 Å². The Kier molecular flexibility index (Phi) is 4.18. The van der Waals surface area contributed by atoms with Gasteiger partial charge in [0.2, 0.25) is 0 Å². The maximum Gasteiger partial charge on any atom is 0.0794 e. The molecule has 0 amide bonds. The number of hydrogen-bond donors (Lipinski definition) is 3. The molecule has 19 heavy (non-hydrogen) atoms. The Balaban J connectivity index is 1.50. The summed E-state index contributed by atoms with van der Waals surface area (Å²) in [6.45, 7) is 4.22. The summed E-state index contributed by atoms with van der Waals surface area (Å²) in [6.07, 6.45) is 9.09. The number of aromatic nitrogens is 2. The molecule has 1 unspecified atom stereocenters. The van der Waals surface area contributed by atoms with E-state index in [1.165, 1.54) is 61.9 Å². The van der Waals surface area contributed by atoms with Gasteiger partial charge in [-0.25, -0.2) is 0 Å². The van der Waals surface area contributed by atoms with Crippen molar-refractivity contribution in [3.63, 3.8) is 0 Å². The van der Waals surface area contributed by atoms with Crippen LogP contribution in [0.5, 0.6) is 0 Å². The molecule has 2 aliphatic carbocycles. The summed E-state index contributed by atoms with van der Waals surface area (Å²) in [6, 6.07) is 1.31. The lowest BCUT2D eigenvalue weighted by Gasteiger charge is -2.14. The van der Waals surface area contributed by atoms with E-state index in [1.807, 2.05) is 0 Å². The van der Waals surface area contributed by atoms with Crippen LogP contribution in [-0.4, -0.2) is 28.8 Å². The van der Waals surface area contributed by atoms with E-state index < -0.39 is 0 Å². The minimum atomic E-state index is 0.513. The molecule has 4 nitrogen and oxygen atoms in total. The molecule has 1 aromatic rings. The van der Waals surface area contributed by atoms with E-state index in [4.69, 9.17) is 0 Å². The van der Waals surface area contributed by atoms with E-state index in [0.717, 1.165) is 19.1 Å². The molecule has 1 fully saturated rings. The number of rotatable bonds is 6. The predicted octanol–water partition coefficient (Wildman–Crippen LogP) is 1.91. The summed E-state index contributed by atoms with van der Waals surface area (Å²) < 4.78 is 0. The van der Waals surface area contributed by atoms with Gasteiger partial charge >= 0.3 is 0 Å². The number of nitrogens with zero attached hydrogens (tertiary/aromatic N) is 1. The van der Waals surface area contributed by atoms with Crippen LogP contribution in [0.2, 0.25) is 0 Å². The Morgan fingerprint density at radius 1 is 1.26 bits per heavy atom. The topological polar surface area (TPSA) is 52.7 Å². The van der Waals surface area contributed by atoms with Gasteiger partial charge in [0.1, 0.15) is 0 Å². The van der Waals surface area contributed by atoms with E-state index in [-0.39, 0.29) is 0 Å². The van der Waals surface area contributed by atoms with Crippen LogP contribution in [0.1, 0.15) is 56.0 Å².